The van der Waals surface area contributed by atoms with E-state index in [4.69, 9.17) is 9.47 Å². The van der Waals surface area contributed by atoms with Gasteiger partial charge >= 0.3 is 5.97 Å². The number of hydrogen-bond acceptors (Lipinski definition) is 4. The second-order valence-corrected chi connectivity index (χ2v) is 6.00. The van der Waals surface area contributed by atoms with Crippen LogP contribution in [-0.2, 0) is 32.1 Å². The summed E-state index contributed by atoms with van der Waals surface area (Å²) < 4.78 is 10.2. The molecule has 5 nitrogen and oxygen atoms in total. The molecule has 0 aliphatic carbocycles. The molecular weight excluding hydrogens is 330 g/mol. The van der Waals surface area contributed by atoms with E-state index in [1.165, 1.54) is 12.7 Å². The molecule has 2 aromatic rings. The molecule has 0 heterocycles. The third-order valence-corrected chi connectivity index (χ3v) is 3.97. The van der Waals surface area contributed by atoms with E-state index >= 15 is 0 Å². The van der Waals surface area contributed by atoms with Gasteiger partial charge in [-0.1, -0.05) is 60.7 Å². The van der Waals surface area contributed by atoms with E-state index < -0.39 is 12.0 Å². The fourth-order valence-corrected chi connectivity index (χ4v) is 2.62. The SMILES string of the molecule is COC(=O)[C@@H](CCCc1ccccc1)NC(=O)COCc1ccccc1. The molecule has 1 atom stereocenters. The summed E-state index contributed by atoms with van der Waals surface area (Å²) in [5.74, 6) is -0.759. The summed E-state index contributed by atoms with van der Waals surface area (Å²) >= 11 is 0. The maximum Gasteiger partial charge on any atom is 0.328 e. The van der Waals surface area contributed by atoms with Crippen LogP contribution in [0.5, 0.6) is 0 Å². The minimum absolute atomic E-state index is 0.0962. The molecule has 0 saturated heterocycles. The third-order valence-electron chi connectivity index (χ3n) is 3.97. The second-order valence-electron chi connectivity index (χ2n) is 6.00. The monoisotopic (exact) mass is 355 g/mol. The van der Waals surface area contributed by atoms with E-state index in [-0.39, 0.29) is 12.5 Å². The lowest BCUT2D eigenvalue weighted by molar-refractivity contribution is -0.146. The molecule has 0 aliphatic rings. The first-order valence-corrected chi connectivity index (χ1v) is 8.72. The predicted octanol–water partition coefficient (Wildman–Crippen LogP) is 2.88. The minimum atomic E-state index is -0.656. The number of ether oxygens (including phenoxy) is 2. The van der Waals surface area contributed by atoms with Crippen molar-refractivity contribution < 1.29 is 19.1 Å². The molecule has 2 aromatic carbocycles. The van der Waals surface area contributed by atoms with Crippen LogP contribution in [0.3, 0.4) is 0 Å². The molecule has 0 aliphatic heterocycles. The number of nitrogens with one attached hydrogen (secondary N) is 1. The zero-order valence-corrected chi connectivity index (χ0v) is 15.0. The van der Waals surface area contributed by atoms with Crippen LogP contribution < -0.4 is 5.32 Å². The lowest BCUT2D eigenvalue weighted by Crippen LogP contribution is -2.43. The molecule has 0 unspecified atom stereocenters. The molecule has 2 rings (SSSR count). The standard InChI is InChI=1S/C21H25NO4/c1-25-21(24)19(14-8-13-17-9-4-2-5-10-17)22-20(23)16-26-15-18-11-6-3-7-12-18/h2-7,9-12,19H,8,13-16H2,1H3,(H,22,23)/t19-/m1/s1. The number of esters is 1. The van der Waals surface area contributed by atoms with Crippen molar-refractivity contribution in [1.29, 1.82) is 0 Å². The lowest BCUT2D eigenvalue weighted by atomic mass is 10.0. The number of carbonyl (C=O) groups excluding carboxylic acids is 2. The quantitative estimate of drug-likeness (QED) is 0.666. The van der Waals surface area contributed by atoms with Crippen LogP contribution >= 0.6 is 0 Å². The molecule has 138 valence electrons. The molecule has 0 bridgehead atoms. The number of hydrogen-bond donors (Lipinski definition) is 1. The van der Waals surface area contributed by atoms with Crippen molar-refractivity contribution >= 4 is 11.9 Å². The molecule has 5 heteroatoms. The molecule has 0 spiro atoms. The van der Waals surface area contributed by atoms with Crippen molar-refractivity contribution in [2.45, 2.75) is 31.9 Å². The van der Waals surface area contributed by atoms with Crippen molar-refractivity contribution in [3.8, 4) is 0 Å². The smallest absolute Gasteiger partial charge is 0.328 e. The summed E-state index contributed by atoms with van der Waals surface area (Å²) in [7, 11) is 1.32. The van der Waals surface area contributed by atoms with Gasteiger partial charge in [0.1, 0.15) is 12.6 Å². The Morgan fingerprint density at radius 2 is 1.58 bits per heavy atom. The zero-order valence-electron chi connectivity index (χ0n) is 15.0. The van der Waals surface area contributed by atoms with Gasteiger partial charge < -0.3 is 14.8 Å². The Labute approximate surface area is 154 Å². The molecule has 0 aromatic heterocycles. The van der Waals surface area contributed by atoms with Gasteiger partial charge in [0.15, 0.2) is 0 Å². The topological polar surface area (TPSA) is 64.6 Å². The molecule has 0 fully saturated rings. The van der Waals surface area contributed by atoms with Crippen LogP contribution in [0.1, 0.15) is 24.0 Å². The van der Waals surface area contributed by atoms with E-state index in [0.29, 0.717) is 13.0 Å². The molecule has 1 N–H and O–H groups in total. The van der Waals surface area contributed by atoms with Crippen molar-refractivity contribution in [3.63, 3.8) is 0 Å². The first-order chi connectivity index (χ1) is 12.7. The first-order valence-electron chi connectivity index (χ1n) is 8.72. The number of aryl methyl sites for hydroxylation is 1. The minimum Gasteiger partial charge on any atom is -0.467 e. The van der Waals surface area contributed by atoms with Crippen LogP contribution in [0.2, 0.25) is 0 Å². The lowest BCUT2D eigenvalue weighted by Gasteiger charge is -2.16. The van der Waals surface area contributed by atoms with E-state index in [9.17, 15) is 9.59 Å². The highest BCUT2D eigenvalue weighted by Crippen LogP contribution is 2.08. The summed E-state index contributed by atoms with van der Waals surface area (Å²) in [5.41, 5.74) is 2.20. The number of methoxy groups -OCH3 is 1. The van der Waals surface area contributed by atoms with Crippen LogP contribution in [0, 0.1) is 0 Å². The number of rotatable bonds is 10. The second kappa shape index (κ2) is 11.1. The summed E-state index contributed by atoms with van der Waals surface area (Å²) in [6.07, 6.45) is 2.13. The average molecular weight is 355 g/mol. The van der Waals surface area contributed by atoms with Gasteiger partial charge in [-0.25, -0.2) is 4.79 Å². The van der Waals surface area contributed by atoms with E-state index in [1.807, 2.05) is 60.7 Å². The van der Waals surface area contributed by atoms with Crippen molar-refractivity contribution in [2.75, 3.05) is 13.7 Å². The van der Waals surface area contributed by atoms with Gasteiger partial charge in [0.05, 0.1) is 13.7 Å². The Morgan fingerprint density at radius 1 is 0.962 bits per heavy atom. The molecule has 1 amide bonds. The Bertz CT molecular complexity index is 673. The van der Waals surface area contributed by atoms with Crippen molar-refractivity contribution in [1.82, 2.24) is 5.32 Å². The maximum absolute atomic E-state index is 12.1. The zero-order chi connectivity index (χ0) is 18.6. The van der Waals surface area contributed by atoms with Gasteiger partial charge in [0.25, 0.3) is 0 Å². The third kappa shape index (κ3) is 7.07. The first kappa shape index (κ1) is 19.7. The predicted molar refractivity (Wildman–Crippen MR) is 99.4 cm³/mol. The van der Waals surface area contributed by atoms with Gasteiger partial charge in [-0.2, -0.15) is 0 Å². The van der Waals surface area contributed by atoms with E-state index in [0.717, 1.165) is 18.4 Å². The van der Waals surface area contributed by atoms with Crippen LogP contribution in [0.15, 0.2) is 60.7 Å². The Kier molecular flexibility index (Phi) is 8.36. The number of carbonyl (C=O) groups is 2. The molecular formula is C21H25NO4. The van der Waals surface area contributed by atoms with Gasteiger partial charge in [0.2, 0.25) is 5.91 Å². The Balaban J connectivity index is 1.75. The van der Waals surface area contributed by atoms with Crippen LogP contribution in [0.4, 0.5) is 0 Å². The average Bonchev–Trinajstić information content (AvgIpc) is 2.68. The Hall–Kier alpha value is -2.66. The van der Waals surface area contributed by atoms with Gasteiger partial charge in [0, 0.05) is 0 Å². The van der Waals surface area contributed by atoms with Crippen molar-refractivity contribution in [2.24, 2.45) is 0 Å². The van der Waals surface area contributed by atoms with Gasteiger partial charge in [-0.3, -0.25) is 4.79 Å². The highest BCUT2D eigenvalue weighted by molar-refractivity contribution is 5.85. The van der Waals surface area contributed by atoms with Gasteiger partial charge in [-0.05, 0) is 30.4 Å². The summed E-state index contributed by atoms with van der Waals surface area (Å²) in [6.45, 7) is 0.256. The summed E-state index contributed by atoms with van der Waals surface area (Å²) in [4.78, 5) is 24.0. The number of amides is 1. The fourth-order valence-electron chi connectivity index (χ4n) is 2.62. The highest BCUT2D eigenvalue weighted by atomic mass is 16.5. The van der Waals surface area contributed by atoms with E-state index in [1.54, 1.807) is 0 Å². The fraction of sp³-hybridized carbons (Fsp3) is 0.333. The van der Waals surface area contributed by atoms with Crippen LogP contribution in [0.25, 0.3) is 0 Å². The summed E-state index contributed by atoms with van der Waals surface area (Å²) in [5, 5.41) is 2.70. The van der Waals surface area contributed by atoms with Crippen molar-refractivity contribution in [3.05, 3.63) is 71.8 Å². The van der Waals surface area contributed by atoms with Gasteiger partial charge in [-0.15, -0.1) is 0 Å². The summed E-state index contributed by atoms with van der Waals surface area (Å²) in [6, 6.07) is 19.0. The molecule has 0 radical (unpaired) electrons. The normalized spacial score (nSPS) is 11.6. The van der Waals surface area contributed by atoms with E-state index in [2.05, 4.69) is 5.32 Å². The Morgan fingerprint density at radius 3 is 2.19 bits per heavy atom. The molecule has 26 heavy (non-hydrogen) atoms. The van der Waals surface area contributed by atoms with Crippen LogP contribution in [-0.4, -0.2) is 31.6 Å². The molecule has 0 saturated carbocycles. The highest BCUT2D eigenvalue weighted by Gasteiger charge is 2.21. The maximum atomic E-state index is 12.1. The largest absolute Gasteiger partial charge is 0.467 e. The number of benzene rings is 2.